The van der Waals surface area contributed by atoms with Crippen molar-refractivity contribution in [3.63, 3.8) is 0 Å². The summed E-state index contributed by atoms with van der Waals surface area (Å²) in [5.41, 5.74) is 6.29. The number of nitrogens with two attached hydrogens (primary N) is 1. The van der Waals surface area contributed by atoms with Gasteiger partial charge < -0.3 is 10.3 Å². The largest absolute Gasteiger partial charge is 0.365 e. The average Bonchev–Trinajstić information content (AvgIpc) is 3.16. The molecule has 3 N–H and O–H groups in total. The first-order valence-electron chi connectivity index (χ1n) is 6.50. The highest BCUT2D eigenvalue weighted by Gasteiger charge is 2.12. The predicted molar refractivity (Wildman–Crippen MR) is 83.1 cm³/mol. The molecule has 9 heteroatoms. The van der Waals surface area contributed by atoms with Crippen LogP contribution in [0.4, 0.5) is 5.13 Å². The first-order chi connectivity index (χ1) is 11.0. The number of nitrogens with zero attached hydrogens (tertiary/aromatic N) is 3. The van der Waals surface area contributed by atoms with Crippen LogP contribution in [0.1, 0.15) is 25.9 Å². The van der Waals surface area contributed by atoms with Gasteiger partial charge in [0.05, 0.1) is 6.20 Å². The number of anilines is 1. The SMILES string of the molecule is Cc1noc(-c2ccc(C(=O)Nc3ncc(C(N)=O)s3)cc2)n1. The highest BCUT2D eigenvalue weighted by Crippen LogP contribution is 2.20. The van der Waals surface area contributed by atoms with Gasteiger partial charge in [-0.15, -0.1) is 0 Å². The molecule has 8 nitrogen and oxygen atoms in total. The lowest BCUT2D eigenvalue weighted by atomic mass is 10.1. The Bertz CT molecular complexity index is 869. The Hall–Kier alpha value is -3.07. The molecule has 1 aromatic carbocycles. The van der Waals surface area contributed by atoms with E-state index in [1.54, 1.807) is 31.2 Å². The van der Waals surface area contributed by atoms with Crippen LogP contribution in [0.25, 0.3) is 11.5 Å². The molecule has 0 saturated heterocycles. The molecule has 0 bridgehead atoms. The molecule has 23 heavy (non-hydrogen) atoms. The van der Waals surface area contributed by atoms with Gasteiger partial charge in [-0.25, -0.2) is 4.98 Å². The zero-order chi connectivity index (χ0) is 16.4. The zero-order valence-electron chi connectivity index (χ0n) is 11.9. The smallest absolute Gasteiger partial charge is 0.260 e. The van der Waals surface area contributed by atoms with E-state index in [0.29, 0.717) is 28.0 Å². The molecule has 0 fully saturated rings. The molecule has 2 amide bonds. The van der Waals surface area contributed by atoms with E-state index in [1.165, 1.54) is 6.20 Å². The highest BCUT2D eigenvalue weighted by atomic mass is 32.1. The Kier molecular flexibility index (Phi) is 3.85. The molecule has 2 heterocycles. The maximum Gasteiger partial charge on any atom is 0.260 e. The van der Waals surface area contributed by atoms with Crippen molar-refractivity contribution in [1.29, 1.82) is 0 Å². The number of aryl methyl sites for hydroxylation is 1. The number of rotatable bonds is 4. The summed E-state index contributed by atoms with van der Waals surface area (Å²) in [7, 11) is 0. The number of primary amides is 1. The van der Waals surface area contributed by atoms with Gasteiger partial charge in [-0.2, -0.15) is 4.98 Å². The molecule has 0 unspecified atom stereocenters. The third-order valence-corrected chi connectivity index (χ3v) is 3.82. The Labute approximate surface area is 134 Å². The standard InChI is InChI=1S/C14H11N5O3S/c1-7-17-13(22-19-7)9-4-2-8(3-5-9)12(21)18-14-16-6-10(23-14)11(15)20/h2-6H,1H3,(H2,15,20)(H,16,18,21). The van der Waals surface area contributed by atoms with Crippen molar-refractivity contribution in [2.75, 3.05) is 5.32 Å². The quantitative estimate of drug-likeness (QED) is 0.752. The minimum atomic E-state index is -0.581. The lowest BCUT2D eigenvalue weighted by molar-refractivity contribution is 0.100. The molecule has 2 aromatic heterocycles. The number of thiazole rings is 1. The van der Waals surface area contributed by atoms with E-state index in [1.807, 2.05) is 0 Å². The Morgan fingerprint density at radius 3 is 2.57 bits per heavy atom. The summed E-state index contributed by atoms with van der Waals surface area (Å²) < 4.78 is 5.06. The van der Waals surface area contributed by atoms with Crippen LogP contribution in [-0.2, 0) is 0 Å². The Morgan fingerprint density at radius 2 is 2.00 bits per heavy atom. The van der Waals surface area contributed by atoms with E-state index in [9.17, 15) is 9.59 Å². The molecule has 0 radical (unpaired) electrons. The summed E-state index contributed by atoms with van der Waals surface area (Å²) in [6.45, 7) is 1.73. The summed E-state index contributed by atoms with van der Waals surface area (Å²) in [6.07, 6.45) is 1.32. The lowest BCUT2D eigenvalue weighted by Crippen LogP contribution is -2.11. The van der Waals surface area contributed by atoms with Crippen LogP contribution >= 0.6 is 11.3 Å². The minimum absolute atomic E-state index is 0.280. The number of carbonyl (C=O) groups excluding carboxylic acids is 2. The number of nitrogens with one attached hydrogen (secondary N) is 1. The average molecular weight is 329 g/mol. The van der Waals surface area contributed by atoms with Gasteiger partial charge in [-0.1, -0.05) is 16.5 Å². The van der Waals surface area contributed by atoms with Gasteiger partial charge in [0.2, 0.25) is 0 Å². The summed E-state index contributed by atoms with van der Waals surface area (Å²) in [4.78, 5) is 31.5. The van der Waals surface area contributed by atoms with Crippen molar-refractivity contribution in [2.45, 2.75) is 6.92 Å². The van der Waals surface area contributed by atoms with Crippen molar-refractivity contribution < 1.29 is 14.1 Å². The van der Waals surface area contributed by atoms with Crippen LogP contribution in [0.15, 0.2) is 35.0 Å². The molecule has 0 spiro atoms. The first kappa shape index (κ1) is 14.9. The summed E-state index contributed by atoms with van der Waals surface area (Å²) in [5.74, 6) is 0.00200. The third kappa shape index (κ3) is 3.24. The van der Waals surface area contributed by atoms with E-state index in [0.717, 1.165) is 11.3 Å². The monoisotopic (exact) mass is 329 g/mol. The van der Waals surface area contributed by atoms with Crippen molar-refractivity contribution in [1.82, 2.24) is 15.1 Å². The number of hydrogen-bond acceptors (Lipinski definition) is 7. The van der Waals surface area contributed by atoms with E-state index in [2.05, 4.69) is 20.4 Å². The van der Waals surface area contributed by atoms with Crippen LogP contribution in [0.5, 0.6) is 0 Å². The number of carbonyl (C=O) groups is 2. The number of amides is 2. The Balaban J connectivity index is 1.73. The van der Waals surface area contributed by atoms with Gasteiger partial charge in [-0.05, 0) is 31.2 Å². The van der Waals surface area contributed by atoms with E-state index >= 15 is 0 Å². The molecular weight excluding hydrogens is 318 g/mol. The summed E-state index contributed by atoms with van der Waals surface area (Å²) in [5, 5.41) is 6.62. The predicted octanol–water partition coefficient (Wildman–Crippen LogP) is 1.85. The molecule has 0 atom stereocenters. The fraction of sp³-hybridized carbons (Fsp3) is 0.0714. The normalized spacial score (nSPS) is 10.5. The fourth-order valence-corrected chi connectivity index (χ4v) is 2.46. The second-order valence-corrected chi connectivity index (χ2v) is 5.60. The lowest BCUT2D eigenvalue weighted by Gasteiger charge is -2.02. The van der Waals surface area contributed by atoms with Gasteiger partial charge in [0.1, 0.15) is 4.88 Å². The molecule has 0 aliphatic carbocycles. The van der Waals surface area contributed by atoms with Gasteiger partial charge >= 0.3 is 0 Å². The van der Waals surface area contributed by atoms with E-state index in [4.69, 9.17) is 10.3 Å². The fourth-order valence-electron chi connectivity index (χ4n) is 1.79. The highest BCUT2D eigenvalue weighted by molar-refractivity contribution is 7.17. The summed E-state index contributed by atoms with van der Waals surface area (Å²) >= 11 is 1.02. The minimum Gasteiger partial charge on any atom is -0.365 e. The van der Waals surface area contributed by atoms with Crippen LogP contribution in [0.3, 0.4) is 0 Å². The van der Waals surface area contributed by atoms with Crippen molar-refractivity contribution in [3.8, 4) is 11.5 Å². The second kappa shape index (κ2) is 5.97. The van der Waals surface area contributed by atoms with Crippen LogP contribution in [0.2, 0.25) is 0 Å². The Morgan fingerprint density at radius 1 is 1.26 bits per heavy atom. The van der Waals surface area contributed by atoms with Crippen LogP contribution in [0, 0.1) is 6.92 Å². The molecular formula is C14H11N5O3S. The van der Waals surface area contributed by atoms with Gasteiger partial charge in [0.25, 0.3) is 17.7 Å². The molecule has 3 rings (SSSR count). The van der Waals surface area contributed by atoms with Crippen molar-refractivity contribution >= 4 is 28.3 Å². The number of hydrogen-bond donors (Lipinski definition) is 2. The maximum atomic E-state index is 12.1. The van der Waals surface area contributed by atoms with Crippen LogP contribution in [-0.4, -0.2) is 26.9 Å². The van der Waals surface area contributed by atoms with E-state index in [-0.39, 0.29) is 10.8 Å². The molecule has 0 aliphatic heterocycles. The van der Waals surface area contributed by atoms with Gasteiger partial charge in [-0.3, -0.25) is 14.9 Å². The number of benzene rings is 1. The van der Waals surface area contributed by atoms with E-state index < -0.39 is 5.91 Å². The van der Waals surface area contributed by atoms with Crippen molar-refractivity contribution in [2.24, 2.45) is 5.73 Å². The topological polar surface area (TPSA) is 124 Å². The molecule has 116 valence electrons. The molecule has 0 saturated carbocycles. The maximum absolute atomic E-state index is 12.1. The summed E-state index contributed by atoms with van der Waals surface area (Å²) in [6, 6.07) is 6.68. The zero-order valence-corrected chi connectivity index (χ0v) is 12.8. The van der Waals surface area contributed by atoms with Crippen molar-refractivity contribution in [3.05, 3.63) is 46.7 Å². The van der Waals surface area contributed by atoms with Gasteiger partial charge in [0.15, 0.2) is 11.0 Å². The third-order valence-electron chi connectivity index (χ3n) is 2.89. The van der Waals surface area contributed by atoms with Gasteiger partial charge in [0, 0.05) is 11.1 Å². The molecule has 3 aromatic rings. The van der Waals surface area contributed by atoms with Crippen LogP contribution < -0.4 is 11.1 Å². The first-order valence-corrected chi connectivity index (χ1v) is 7.32. The molecule has 0 aliphatic rings. The second-order valence-electron chi connectivity index (χ2n) is 4.57. The number of aromatic nitrogens is 3.